The van der Waals surface area contributed by atoms with Gasteiger partial charge in [-0.25, -0.2) is 4.79 Å². The van der Waals surface area contributed by atoms with Gasteiger partial charge in [-0.2, -0.15) is 0 Å². The maximum absolute atomic E-state index is 12.7. The van der Waals surface area contributed by atoms with Crippen LogP contribution in [-0.2, 0) is 31.4 Å². The molecule has 2 saturated carbocycles. The van der Waals surface area contributed by atoms with E-state index in [0.717, 1.165) is 12.3 Å². The fourth-order valence-electron chi connectivity index (χ4n) is 2.79. The zero-order chi connectivity index (χ0) is 18.4. The zero-order valence-electron chi connectivity index (χ0n) is 15.8. The van der Waals surface area contributed by atoms with Crippen LogP contribution in [0.4, 0.5) is 0 Å². The normalized spacial score (nSPS) is 26.2. The minimum absolute atomic E-state index is 0. The summed E-state index contributed by atoms with van der Waals surface area (Å²) >= 11 is 0. The van der Waals surface area contributed by atoms with Crippen LogP contribution in [0.15, 0.2) is 0 Å². The van der Waals surface area contributed by atoms with Crippen molar-refractivity contribution >= 4 is 11.9 Å². The Morgan fingerprint density at radius 2 is 1.54 bits per heavy atom. The first kappa shape index (κ1) is 23.5. The topological polar surface area (TPSA) is 46.6 Å². The maximum Gasteiger partial charge on any atom is 2.00 e. The number of nitrogens with zero attached hydrogens (tertiary/aromatic N) is 1. The van der Waals surface area contributed by atoms with Crippen LogP contribution in [0.25, 0.3) is 0 Å². The SMILES string of the molecule is CCC[C@H]1C(=O)O[C@H]([C]2[CH][CH][CH][CH]2)N1C(=O)C(C)(C)C.[CH]1[CH][CH][CH][CH]1.[Fe+2]. The molecule has 0 N–H and O–H groups in total. The van der Waals surface area contributed by atoms with Gasteiger partial charge in [-0.1, -0.05) is 34.1 Å². The van der Waals surface area contributed by atoms with Gasteiger partial charge in [0.05, 0.1) is 0 Å². The molecule has 4 nitrogen and oxygen atoms in total. The molecule has 0 aromatic carbocycles. The summed E-state index contributed by atoms with van der Waals surface area (Å²) in [6.45, 7) is 7.60. The van der Waals surface area contributed by atoms with E-state index in [0.29, 0.717) is 6.42 Å². The first-order valence-electron chi connectivity index (χ1n) is 8.77. The van der Waals surface area contributed by atoms with Gasteiger partial charge in [0.1, 0.15) is 6.04 Å². The van der Waals surface area contributed by atoms with Crippen molar-refractivity contribution in [1.29, 1.82) is 0 Å². The van der Waals surface area contributed by atoms with E-state index in [4.69, 9.17) is 4.74 Å². The first-order valence-corrected chi connectivity index (χ1v) is 8.77. The van der Waals surface area contributed by atoms with Gasteiger partial charge in [-0.05, 0) is 64.2 Å². The van der Waals surface area contributed by atoms with Crippen molar-refractivity contribution in [2.45, 2.75) is 52.8 Å². The Balaban J connectivity index is 0.000000486. The smallest absolute Gasteiger partial charge is 0.439 e. The molecule has 0 aromatic rings. The van der Waals surface area contributed by atoms with E-state index in [2.05, 4.69) is 0 Å². The first-order chi connectivity index (χ1) is 11.9. The number of rotatable bonds is 3. The third-order valence-electron chi connectivity index (χ3n) is 4.06. The van der Waals surface area contributed by atoms with E-state index in [1.807, 2.05) is 85.5 Å². The van der Waals surface area contributed by atoms with E-state index in [9.17, 15) is 9.59 Å². The molecule has 3 aliphatic rings. The molecule has 0 aromatic heterocycles. The standard InChI is InChI=1S/C16H22NO3.C5H5.Fe/c1-5-8-12-14(18)20-13(11-9-6-7-10-11)17(12)15(19)16(2,3)4;1-2-4-5-3-1;/h6-7,9-10,12-13H,5,8H2,1-4H3;1-5H;/q;;+2/t12-,13+;;/m0../s1. The molecule has 1 aliphatic heterocycles. The van der Waals surface area contributed by atoms with E-state index in [-0.39, 0.29) is 28.9 Å². The number of carbonyl (C=O) groups excluding carboxylic acids is 2. The largest absolute Gasteiger partial charge is 2.00 e. The second kappa shape index (κ2) is 10.7. The Hall–Kier alpha value is -0.541. The molecule has 10 radical (unpaired) electrons. The average molecular weight is 397 g/mol. The second-order valence-electron chi connectivity index (χ2n) is 7.24. The summed E-state index contributed by atoms with van der Waals surface area (Å²) in [7, 11) is 0. The average Bonchev–Trinajstić information content (AvgIpc) is 3.30. The number of ether oxygens (including phenoxy) is 1. The van der Waals surface area contributed by atoms with E-state index in [1.54, 1.807) is 4.90 Å². The van der Waals surface area contributed by atoms with Gasteiger partial charge >= 0.3 is 23.0 Å². The van der Waals surface area contributed by atoms with Crippen molar-refractivity contribution < 1.29 is 31.4 Å². The van der Waals surface area contributed by atoms with Crippen LogP contribution in [0.5, 0.6) is 0 Å². The summed E-state index contributed by atoms with van der Waals surface area (Å²) in [5, 5.41) is 0. The number of hydrogen-bond donors (Lipinski definition) is 0. The van der Waals surface area contributed by atoms with Crippen LogP contribution in [0.2, 0.25) is 0 Å². The number of carbonyl (C=O) groups is 2. The van der Waals surface area contributed by atoms with Crippen LogP contribution in [-0.4, -0.2) is 29.0 Å². The molecular weight excluding hydrogens is 370 g/mol. The van der Waals surface area contributed by atoms with Crippen molar-refractivity contribution in [3.63, 3.8) is 0 Å². The van der Waals surface area contributed by atoms with Gasteiger partial charge in [0.25, 0.3) is 0 Å². The van der Waals surface area contributed by atoms with Crippen molar-refractivity contribution in [2.75, 3.05) is 0 Å². The molecule has 1 heterocycles. The van der Waals surface area contributed by atoms with Gasteiger partial charge in [-0.3, -0.25) is 9.69 Å². The summed E-state index contributed by atoms with van der Waals surface area (Å²) < 4.78 is 5.47. The molecule has 2 atom stereocenters. The molecule has 0 unspecified atom stereocenters. The fourth-order valence-corrected chi connectivity index (χ4v) is 2.79. The number of amides is 1. The van der Waals surface area contributed by atoms with E-state index in [1.165, 1.54) is 0 Å². The molecular formula is C21H27FeNO3+2. The number of hydrogen-bond acceptors (Lipinski definition) is 3. The van der Waals surface area contributed by atoms with E-state index >= 15 is 0 Å². The summed E-state index contributed by atoms with van der Waals surface area (Å²) in [6, 6.07) is -0.466. The monoisotopic (exact) mass is 397 g/mol. The van der Waals surface area contributed by atoms with Gasteiger partial charge in [0.15, 0.2) is 6.23 Å². The van der Waals surface area contributed by atoms with Crippen molar-refractivity contribution in [1.82, 2.24) is 4.90 Å². The third kappa shape index (κ3) is 5.99. The Labute approximate surface area is 170 Å². The molecule has 5 heteroatoms. The third-order valence-corrected chi connectivity index (χ3v) is 4.06. The number of cyclic esters (lactones) is 1. The van der Waals surface area contributed by atoms with Crippen molar-refractivity contribution in [2.24, 2.45) is 5.41 Å². The molecule has 140 valence electrons. The maximum atomic E-state index is 12.7. The van der Waals surface area contributed by atoms with Crippen LogP contribution in [0.1, 0.15) is 40.5 Å². The quantitative estimate of drug-likeness (QED) is 0.542. The molecule has 0 bridgehead atoms. The Morgan fingerprint density at radius 3 is 1.96 bits per heavy atom. The summed E-state index contributed by atoms with van der Waals surface area (Å²) in [6.07, 6.45) is 18.4. The zero-order valence-corrected chi connectivity index (χ0v) is 16.9. The molecule has 1 amide bonds. The van der Waals surface area contributed by atoms with Gasteiger partial charge in [0.2, 0.25) is 5.91 Å². The minimum atomic E-state index is -0.583. The van der Waals surface area contributed by atoms with Gasteiger partial charge < -0.3 is 4.74 Å². The van der Waals surface area contributed by atoms with Crippen molar-refractivity contribution in [3.05, 3.63) is 63.7 Å². The van der Waals surface area contributed by atoms with Crippen LogP contribution in [0, 0.1) is 69.1 Å². The summed E-state index contributed by atoms with van der Waals surface area (Å²) in [5.41, 5.74) is -0.537. The van der Waals surface area contributed by atoms with Crippen LogP contribution in [0.3, 0.4) is 0 Å². The predicted molar refractivity (Wildman–Crippen MR) is 96.8 cm³/mol. The Morgan fingerprint density at radius 1 is 1.04 bits per heavy atom. The van der Waals surface area contributed by atoms with Crippen LogP contribution < -0.4 is 0 Å². The predicted octanol–water partition coefficient (Wildman–Crippen LogP) is 3.34. The van der Waals surface area contributed by atoms with E-state index < -0.39 is 17.7 Å². The van der Waals surface area contributed by atoms with Gasteiger partial charge in [-0.15, -0.1) is 0 Å². The fraction of sp³-hybridized carbons (Fsp3) is 0.429. The number of esters is 1. The molecule has 2 aliphatic carbocycles. The minimum Gasteiger partial charge on any atom is -0.439 e. The Kier molecular flexibility index (Phi) is 9.68. The summed E-state index contributed by atoms with van der Waals surface area (Å²) in [4.78, 5) is 26.4. The second-order valence-corrected chi connectivity index (χ2v) is 7.24. The van der Waals surface area contributed by atoms with Crippen molar-refractivity contribution in [3.8, 4) is 0 Å². The molecule has 1 saturated heterocycles. The van der Waals surface area contributed by atoms with Gasteiger partial charge in [0, 0.05) is 11.3 Å². The molecule has 0 spiro atoms. The molecule has 26 heavy (non-hydrogen) atoms. The summed E-state index contributed by atoms with van der Waals surface area (Å²) in [5.74, 6) is 0.512. The Bertz CT molecular complexity index is 443. The van der Waals surface area contributed by atoms with Crippen LogP contribution >= 0.6 is 0 Å². The molecule has 3 rings (SSSR count). The molecule has 3 fully saturated rings.